The summed E-state index contributed by atoms with van der Waals surface area (Å²) < 4.78 is 0. The second-order valence-electron chi connectivity index (χ2n) is 4.47. The molecule has 2 heterocycles. The molecule has 1 N–H and O–H groups in total. The van der Waals surface area contributed by atoms with Crippen molar-refractivity contribution in [1.82, 2.24) is 10.3 Å². The van der Waals surface area contributed by atoms with E-state index in [9.17, 15) is 0 Å². The molecule has 98 valence electrons. The molecule has 0 radical (unpaired) electrons. The molecule has 1 unspecified atom stereocenters. The molecule has 0 saturated heterocycles. The third kappa shape index (κ3) is 3.64. The smallest absolute Gasteiger partial charge is 0.0897 e. The molecule has 2 aromatic heterocycles. The molecule has 1 atom stereocenters. The van der Waals surface area contributed by atoms with Crippen LogP contribution < -0.4 is 5.32 Å². The zero-order valence-electron chi connectivity index (χ0n) is 11.2. The Hall–Kier alpha value is -0.710. The van der Waals surface area contributed by atoms with Gasteiger partial charge in [-0.15, -0.1) is 22.7 Å². The minimum absolute atomic E-state index is 0.481. The predicted molar refractivity (Wildman–Crippen MR) is 80.8 cm³/mol. The van der Waals surface area contributed by atoms with Crippen molar-refractivity contribution in [2.45, 2.75) is 39.2 Å². The Morgan fingerprint density at radius 2 is 2.06 bits per heavy atom. The van der Waals surface area contributed by atoms with Crippen molar-refractivity contribution in [3.63, 3.8) is 0 Å². The molecule has 0 bridgehead atoms. The van der Waals surface area contributed by atoms with Gasteiger partial charge in [0, 0.05) is 27.6 Å². The summed E-state index contributed by atoms with van der Waals surface area (Å²) in [5, 5.41) is 6.74. The van der Waals surface area contributed by atoms with E-state index in [1.807, 2.05) is 18.4 Å². The quantitative estimate of drug-likeness (QED) is 0.876. The van der Waals surface area contributed by atoms with Crippen molar-refractivity contribution in [3.05, 3.63) is 38.0 Å². The molecule has 0 saturated carbocycles. The Bertz CT molecular complexity index is 487. The summed E-state index contributed by atoms with van der Waals surface area (Å²) in [5.74, 6) is 0. The minimum Gasteiger partial charge on any atom is -0.316 e. The SMILES string of the molecule is CCc1ccc(CC(Cc2csc(C)n2)NC)s1. The number of thiophene rings is 1. The van der Waals surface area contributed by atoms with Gasteiger partial charge < -0.3 is 5.32 Å². The van der Waals surface area contributed by atoms with Gasteiger partial charge >= 0.3 is 0 Å². The van der Waals surface area contributed by atoms with Crippen LogP contribution in [-0.2, 0) is 19.3 Å². The number of aromatic nitrogens is 1. The van der Waals surface area contributed by atoms with Crippen molar-refractivity contribution < 1.29 is 0 Å². The number of nitrogens with one attached hydrogen (secondary N) is 1. The van der Waals surface area contributed by atoms with Crippen LogP contribution in [0.2, 0.25) is 0 Å². The minimum atomic E-state index is 0.481. The molecule has 2 nitrogen and oxygen atoms in total. The topological polar surface area (TPSA) is 24.9 Å². The van der Waals surface area contributed by atoms with E-state index in [2.05, 4.69) is 41.7 Å². The lowest BCUT2D eigenvalue weighted by atomic mass is 10.1. The maximum absolute atomic E-state index is 4.54. The third-order valence-corrected chi connectivity index (χ3v) is 5.12. The van der Waals surface area contributed by atoms with E-state index in [0.717, 1.165) is 24.3 Å². The number of nitrogens with zero attached hydrogens (tertiary/aromatic N) is 1. The van der Waals surface area contributed by atoms with Crippen LogP contribution in [0.4, 0.5) is 0 Å². The van der Waals surface area contributed by atoms with E-state index in [1.54, 1.807) is 11.3 Å². The molecule has 0 aliphatic heterocycles. The number of hydrogen-bond acceptors (Lipinski definition) is 4. The lowest BCUT2D eigenvalue weighted by Crippen LogP contribution is -2.29. The van der Waals surface area contributed by atoms with Gasteiger partial charge in [-0.3, -0.25) is 0 Å². The van der Waals surface area contributed by atoms with Crippen LogP contribution in [0.3, 0.4) is 0 Å². The Labute approximate surface area is 117 Å². The molecule has 0 fully saturated rings. The molecule has 2 rings (SSSR count). The van der Waals surface area contributed by atoms with E-state index in [1.165, 1.54) is 15.4 Å². The zero-order chi connectivity index (χ0) is 13.0. The maximum atomic E-state index is 4.54. The Morgan fingerprint density at radius 1 is 1.28 bits per heavy atom. The highest BCUT2D eigenvalue weighted by atomic mass is 32.1. The lowest BCUT2D eigenvalue weighted by Gasteiger charge is -2.13. The van der Waals surface area contributed by atoms with Gasteiger partial charge in [0.2, 0.25) is 0 Å². The molecule has 0 spiro atoms. The predicted octanol–water partition coefficient (Wildman–Crippen LogP) is 3.45. The Kier molecular flexibility index (Phi) is 4.92. The fraction of sp³-hybridized carbons (Fsp3) is 0.500. The van der Waals surface area contributed by atoms with E-state index in [4.69, 9.17) is 0 Å². The fourth-order valence-corrected chi connectivity index (χ4v) is 3.66. The summed E-state index contributed by atoms with van der Waals surface area (Å²) in [6.45, 7) is 4.28. The normalized spacial score (nSPS) is 12.8. The van der Waals surface area contributed by atoms with Crippen LogP contribution in [0.15, 0.2) is 17.5 Å². The monoisotopic (exact) mass is 280 g/mol. The van der Waals surface area contributed by atoms with Gasteiger partial charge in [-0.05, 0) is 38.9 Å². The van der Waals surface area contributed by atoms with Crippen molar-refractivity contribution >= 4 is 22.7 Å². The van der Waals surface area contributed by atoms with Crippen LogP contribution >= 0.6 is 22.7 Å². The number of rotatable bonds is 6. The number of thiazole rings is 1. The highest BCUT2D eigenvalue weighted by molar-refractivity contribution is 7.12. The molecule has 0 aromatic carbocycles. The van der Waals surface area contributed by atoms with Crippen LogP contribution in [0, 0.1) is 6.92 Å². The van der Waals surface area contributed by atoms with Gasteiger partial charge in [0.1, 0.15) is 0 Å². The standard InChI is InChI=1S/C14H20N2S2/c1-4-13-5-6-14(18-13)8-11(15-3)7-12-9-17-10(2)16-12/h5-6,9,11,15H,4,7-8H2,1-3H3. The molecule has 4 heteroatoms. The van der Waals surface area contributed by atoms with E-state index in [0.29, 0.717) is 6.04 Å². The average molecular weight is 280 g/mol. The first-order chi connectivity index (χ1) is 8.71. The second kappa shape index (κ2) is 6.45. The van der Waals surface area contributed by atoms with Gasteiger partial charge in [-0.2, -0.15) is 0 Å². The summed E-state index contributed by atoms with van der Waals surface area (Å²) in [4.78, 5) is 7.49. The molecular weight excluding hydrogens is 260 g/mol. The summed E-state index contributed by atoms with van der Waals surface area (Å²) >= 11 is 3.67. The number of hydrogen-bond donors (Lipinski definition) is 1. The number of likely N-dealkylation sites (N-methyl/N-ethyl adjacent to an activating group) is 1. The fourth-order valence-electron chi connectivity index (χ4n) is 2.00. The van der Waals surface area contributed by atoms with Gasteiger partial charge in [0.05, 0.1) is 10.7 Å². The second-order valence-corrected chi connectivity index (χ2v) is 6.79. The van der Waals surface area contributed by atoms with E-state index in [-0.39, 0.29) is 0 Å². The first kappa shape index (κ1) is 13.7. The lowest BCUT2D eigenvalue weighted by molar-refractivity contribution is 0.555. The van der Waals surface area contributed by atoms with Crippen molar-refractivity contribution in [2.75, 3.05) is 7.05 Å². The highest BCUT2D eigenvalue weighted by Crippen LogP contribution is 2.20. The average Bonchev–Trinajstić information content (AvgIpc) is 2.97. The first-order valence-electron chi connectivity index (χ1n) is 6.37. The van der Waals surface area contributed by atoms with Crippen molar-refractivity contribution in [3.8, 4) is 0 Å². The van der Waals surface area contributed by atoms with E-state index >= 15 is 0 Å². The molecule has 0 amide bonds. The summed E-state index contributed by atoms with van der Waals surface area (Å²) in [6, 6.07) is 5.00. The molecule has 0 aliphatic rings. The molecule has 0 aliphatic carbocycles. The summed E-state index contributed by atoms with van der Waals surface area (Å²) in [5.41, 5.74) is 1.21. The maximum Gasteiger partial charge on any atom is 0.0897 e. The first-order valence-corrected chi connectivity index (χ1v) is 8.06. The van der Waals surface area contributed by atoms with Crippen molar-refractivity contribution in [1.29, 1.82) is 0 Å². The van der Waals surface area contributed by atoms with Gasteiger partial charge in [-0.25, -0.2) is 4.98 Å². The van der Waals surface area contributed by atoms with Gasteiger partial charge in [-0.1, -0.05) is 6.92 Å². The Balaban J connectivity index is 1.96. The highest BCUT2D eigenvalue weighted by Gasteiger charge is 2.11. The molecular formula is C14H20N2S2. The van der Waals surface area contributed by atoms with Crippen LogP contribution in [0.25, 0.3) is 0 Å². The largest absolute Gasteiger partial charge is 0.316 e. The zero-order valence-corrected chi connectivity index (χ0v) is 12.8. The molecule has 2 aromatic rings. The summed E-state index contributed by atoms with van der Waals surface area (Å²) in [6.07, 6.45) is 3.25. The molecule has 18 heavy (non-hydrogen) atoms. The van der Waals surface area contributed by atoms with Gasteiger partial charge in [0.15, 0.2) is 0 Å². The van der Waals surface area contributed by atoms with Gasteiger partial charge in [0.25, 0.3) is 0 Å². The van der Waals surface area contributed by atoms with Crippen molar-refractivity contribution in [2.24, 2.45) is 0 Å². The van der Waals surface area contributed by atoms with Crippen LogP contribution in [0.1, 0.15) is 27.4 Å². The Morgan fingerprint density at radius 3 is 2.61 bits per heavy atom. The van der Waals surface area contributed by atoms with E-state index < -0.39 is 0 Å². The third-order valence-electron chi connectivity index (χ3n) is 3.04. The van der Waals surface area contributed by atoms with Crippen LogP contribution in [-0.4, -0.2) is 18.1 Å². The van der Waals surface area contributed by atoms with Crippen LogP contribution in [0.5, 0.6) is 0 Å². The summed E-state index contributed by atoms with van der Waals surface area (Å²) in [7, 11) is 2.04. The number of aryl methyl sites for hydroxylation is 2.